The highest BCUT2D eigenvalue weighted by molar-refractivity contribution is 6.31. The Labute approximate surface area is 109 Å². The minimum atomic E-state index is 0.251. The van der Waals surface area contributed by atoms with E-state index in [4.69, 9.17) is 11.6 Å². The molecule has 0 aliphatic heterocycles. The number of carbonyl (C=O) groups excluding carboxylic acids is 1. The summed E-state index contributed by atoms with van der Waals surface area (Å²) in [5.41, 5.74) is 2.38. The van der Waals surface area contributed by atoms with E-state index in [2.05, 4.69) is 32.9 Å². The van der Waals surface area contributed by atoms with Crippen molar-refractivity contribution in [2.75, 3.05) is 0 Å². The minimum Gasteiger partial charge on any atom is -0.303 e. The van der Waals surface area contributed by atoms with Crippen LogP contribution >= 0.6 is 11.6 Å². The zero-order valence-electron chi connectivity index (χ0n) is 10.9. The van der Waals surface area contributed by atoms with Crippen LogP contribution in [0.15, 0.2) is 18.2 Å². The average molecular weight is 253 g/mol. The van der Waals surface area contributed by atoms with Crippen molar-refractivity contribution in [3.8, 4) is 0 Å². The van der Waals surface area contributed by atoms with Gasteiger partial charge in [-0.3, -0.25) is 0 Å². The van der Waals surface area contributed by atoms with Gasteiger partial charge in [0.2, 0.25) is 0 Å². The predicted molar refractivity (Wildman–Crippen MR) is 73.9 cm³/mol. The second-order valence-electron chi connectivity index (χ2n) is 4.60. The van der Waals surface area contributed by atoms with Crippen molar-refractivity contribution in [3.05, 3.63) is 34.3 Å². The van der Waals surface area contributed by atoms with Crippen LogP contribution in [0.25, 0.3) is 0 Å². The van der Waals surface area contributed by atoms with Crippen LogP contribution < -0.4 is 0 Å². The molecule has 0 N–H and O–H groups in total. The van der Waals surface area contributed by atoms with E-state index in [0.29, 0.717) is 12.3 Å². The molecule has 0 spiro atoms. The molecule has 0 aliphatic rings. The second-order valence-corrected chi connectivity index (χ2v) is 5.00. The van der Waals surface area contributed by atoms with Gasteiger partial charge in [0.15, 0.2) is 0 Å². The Bertz CT molecular complexity index is 369. The minimum absolute atomic E-state index is 0.251. The molecule has 1 aromatic rings. The fraction of sp³-hybridized carbons (Fsp3) is 0.533. The molecule has 0 saturated carbocycles. The zero-order chi connectivity index (χ0) is 12.8. The summed E-state index contributed by atoms with van der Waals surface area (Å²) in [7, 11) is 0. The van der Waals surface area contributed by atoms with Crippen molar-refractivity contribution in [1.82, 2.24) is 0 Å². The first kappa shape index (κ1) is 14.2. The van der Waals surface area contributed by atoms with Gasteiger partial charge in [0.1, 0.15) is 6.29 Å². The van der Waals surface area contributed by atoms with Crippen LogP contribution in [0, 0.1) is 0 Å². The van der Waals surface area contributed by atoms with Crippen molar-refractivity contribution >= 4 is 17.9 Å². The van der Waals surface area contributed by atoms with Gasteiger partial charge in [0.05, 0.1) is 0 Å². The van der Waals surface area contributed by atoms with Crippen LogP contribution in [-0.4, -0.2) is 6.29 Å². The second kappa shape index (κ2) is 6.80. The van der Waals surface area contributed by atoms with Gasteiger partial charge in [-0.15, -0.1) is 0 Å². The van der Waals surface area contributed by atoms with E-state index in [9.17, 15) is 4.79 Å². The maximum absolute atomic E-state index is 10.5. The normalized spacial score (nSPS) is 12.8. The van der Waals surface area contributed by atoms with Crippen molar-refractivity contribution in [1.29, 1.82) is 0 Å². The fourth-order valence-electron chi connectivity index (χ4n) is 2.19. The monoisotopic (exact) mass is 252 g/mol. The topological polar surface area (TPSA) is 17.1 Å². The number of hydrogen-bond donors (Lipinski definition) is 0. The maximum atomic E-state index is 10.5. The van der Waals surface area contributed by atoms with Gasteiger partial charge in [-0.25, -0.2) is 0 Å². The van der Waals surface area contributed by atoms with E-state index in [1.165, 1.54) is 5.56 Å². The van der Waals surface area contributed by atoms with Gasteiger partial charge in [0, 0.05) is 11.4 Å². The van der Waals surface area contributed by atoms with E-state index in [1.54, 1.807) is 0 Å². The van der Waals surface area contributed by atoms with Gasteiger partial charge >= 0.3 is 0 Å². The lowest BCUT2D eigenvalue weighted by molar-refractivity contribution is -0.108. The Kier molecular flexibility index (Phi) is 5.70. The number of rotatable bonds is 6. The van der Waals surface area contributed by atoms with E-state index >= 15 is 0 Å². The molecular weight excluding hydrogens is 232 g/mol. The third kappa shape index (κ3) is 3.57. The fourth-order valence-corrected chi connectivity index (χ4v) is 2.53. The summed E-state index contributed by atoms with van der Waals surface area (Å²) in [6.07, 6.45) is 3.74. The van der Waals surface area contributed by atoms with Gasteiger partial charge < -0.3 is 4.79 Å². The van der Waals surface area contributed by atoms with Gasteiger partial charge in [0.25, 0.3) is 0 Å². The summed E-state index contributed by atoms with van der Waals surface area (Å²) in [4.78, 5) is 10.5. The molecule has 0 bridgehead atoms. The zero-order valence-corrected chi connectivity index (χ0v) is 11.6. The Morgan fingerprint density at radius 2 is 1.94 bits per heavy atom. The number of aldehydes is 1. The lowest BCUT2D eigenvalue weighted by atomic mass is 9.90. The summed E-state index contributed by atoms with van der Waals surface area (Å²) >= 11 is 6.34. The summed E-state index contributed by atoms with van der Waals surface area (Å²) in [5, 5.41) is 0.842. The van der Waals surface area contributed by atoms with Crippen LogP contribution in [0.2, 0.25) is 5.02 Å². The molecule has 0 saturated heterocycles. The summed E-state index contributed by atoms with van der Waals surface area (Å²) in [5.74, 6) is 0.790. The molecule has 1 unspecified atom stereocenters. The summed E-state index contributed by atoms with van der Waals surface area (Å²) in [6.45, 7) is 6.43. The number of halogens is 1. The van der Waals surface area contributed by atoms with Crippen LogP contribution in [-0.2, 0) is 4.79 Å². The van der Waals surface area contributed by atoms with Crippen LogP contribution in [0.4, 0.5) is 0 Å². The third-order valence-electron chi connectivity index (χ3n) is 3.47. The van der Waals surface area contributed by atoms with Crippen molar-refractivity contribution in [2.45, 2.75) is 51.9 Å². The van der Waals surface area contributed by atoms with Crippen molar-refractivity contribution < 1.29 is 4.79 Å². The van der Waals surface area contributed by atoms with E-state index < -0.39 is 0 Å². The summed E-state index contributed by atoms with van der Waals surface area (Å²) < 4.78 is 0. The van der Waals surface area contributed by atoms with Crippen LogP contribution in [0.3, 0.4) is 0 Å². The highest BCUT2D eigenvalue weighted by Gasteiger charge is 2.13. The molecule has 0 heterocycles. The molecule has 1 nitrogen and oxygen atoms in total. The van der Waals surface area contributed by atoms with Gasteiger partial charge in [-0.05, 0) is 41.9 Å². The Morgan fingerprint density at radius 1 is 1.29 bits per heavy atom. The maximum Gasteiger partial charge on any atom is 0.120 e. The molecule has 94 valence electrons. The number of carbonyl (C=O) groups is 1. The van der Waals surface area contributed by atoms with E-state index in [-0.39, 0.29) is 5.92 Å². The highest BCUT2D eigenvalue weighted by Crippen LogP contribution is 2.32. The largest absolute Gasteiger partial charge is 0.303 e. The molecule has 1 rings (SSSR count). The van der Waals surface area contributed by atoms with Gasteiger partial charge in [-0.2, -0.15) is 0 Å². The van der Waals surface area contributed by atoms with Crippen molar-refractivity contribution in [2.24, 2.45) is 0 Å². The molecule has 0 radical (unpaired) electrons. The third-order valence-corrected chi connectivity index (χ3v) is 3.80. The molecule has 1 aromatic carbocycles. The average Bonchev–Trinajstić information content (AvgIpc) is 2.32. The SMILES string of the molecule is CCC(CC)c1ccc(C(C)CC=O)cc1Cl. The van der Waals surface area contributed by atoms with Gasteiger partial charge in [-0.1, -0.05) is 44.5 Å². The quantitative estimate of drug-likeness (QED) is 0.656. The van der Waals surface area contributed by atoms with E-state index in [0.717, 1.165) is 29.7 Å². The number of benzene rings is 1. The van der Waals surface area contributed by atoms with Crippen LogP contribution in [0.1, 0.15) is 63.0 Å². The van der Waals surface area contributed by atoms with E-state index in [1.807, 2.05) is 6.07 Å². The first-order chi connectivity index (χ1) is 8.13. The molecule has 1 atom stereocenters. The molecule has 17 heavy (non-hydrogen) atoms. The highest BCUT2D eigenvalue weighted by atomic mass is 35.5. The molecular formula is C15H21ClO. The van der Waals surface area contributed by atoms with Crippen molar-refractivity contribution in [3.63, 3.8) is 0 Å². The van der Waals surface area contributed by atoms with Crippen LogP contribution in [0.5, 0.6) is 0 Å². The first-order valence-electron chi connectivity index (χ1n) is 6.36. The standard InChI is InChI=1S/C15H21ClO/c1-4-12(5-2)14-7-6-13(10-15(14)16)11(3)8-9-17/h6-7,9-12H,4-5,8H2,1-3H3. The Balaban J connectivity index is 2.96. The lowest BCUT2D eigenvalue weighted by Gasteiger charge is -2.17. The first-order valence-corrected chi connectivity index (χ1v) is 6.74. The molecule has 0 fully saturated rings. The predicted octanol–water partition coefficient (Wildman–Crippen LogP) is 4.94. The molecule has 0 aliphatic carbocycles. The lowest BCUT2D eigenvalue weighted by Crippen LogP contribution is -1.99. The molecule has 0 aromatic heterocycles. The molecule has 2 heteroatoms. The summed E-state index contributed by atoms with van der Waals surface area (Å²) in [6, 6.07) is 6.24. The smallest absolute Gasteiger partial charge is 0.120 e. The Morgan fingerprint density at radius 3 is 2.41 bits per heavy atom. The Hall–Kier alpha value is -0.820. The molecule has 0 amide bonds. The number of hydrogen-bond acceptors (Lipinski definition) is 1.